The Balaban J connectivity index is 1.07. The highest BCUT2D eigenvalue weighted by Crippen LogP contribution is 2.40. The van der Waals surface area contributed by atoms with Gasteiger partial charge in [0.2, 0.25) is 0 Å². The summed E-state index contributed by atoms with van der Waals surface area (Å²) < 4.78 is 0. The third-order valence-corrected chi connectivity index (χ3v) is 9.60. The molecule has 50 heavy (non-hydrogen) atoms. The van der Waals surface area contributed by atoms with E-state index in [1.54, 1.807) is 0 Å². The van der Waals surface area contributed by atoms with Crippen LogP contribution in [0.25, 0.3) is 54.6 Å². The van der Waals surface area contributed by atoms with Crippen LogP contribution >= 0.6 is 0 Å². The molecule has 0 saturated carbocycles. The molecule has 0 radical (unpaired) electrons. The Hall–Kier alpha value is -6.64. The van der Waals surface area contributed by atoms with E-state index in [0.717, 1.165) is 28.4 Å². The highest BCUT2D eigenvalue weighted by atomic mass is 15.1. The van der Waals surface area contributed by atoms with Crippen LogP contribution in [0, 0.1) is 0 Å². The zero-order valence-electron chi connectivity index (χ0n) is 27.5. The fourth-order valence-corrected chi connectivity index (χ4v) is 7.17. The smallest absolute Gasteiger partial charge is 0.0467 e. The van der Waals surface area contributed by atoms with Crippen molar-refractivity contribution in [3.63, 3.8) is 0 Å². The predicted molar refractivity (Wildman–Crippen MR) is 214 cm³/mol. The van der Waals surface area contributed by atoms with E-state index in [-0.39, 0.29) is 0 Å². The molecular formula is C48H34N2. The maximum absolute atomic E-state index is 3.48. The van der Waals surface area contributed by atoms with Gasteiger partial charge in [0.1, 0.15) is 0 Å². The van der Waals surface area contributed by atoms with Crippen LogP contribution < -0.4 is 10.2 Å². The van der Waals surface area contributed by atoms with Gasteiger partial charge >= 0.3 is 0 Å². The van der Waals surface area contributed by atoms with Gasteiger partial charge < -0.3 is 10.2 Å². The molecule has 0 atom stereocenters. The second kappa shape index (κ2) is 12.8. The van der Waals surface area contributed by atoms with E-state index in [2.05, 4.69) is 192 Å². The van der Waals surface area contributed by atoms with Crippen molar-refractivity contribution in [2.75, 3.05) is 10.2 Å². The Bertz CT molecular complexity index is 2560. The predicted octanol–water partition coefficient (Wildman–Crippen LogP) is 13.7. The van der Waals surface area contributed by atoms with Gasteiger partial charge in [0.15, 0.2) is 0 Å². The number of benzene rings is 9. The van der Waals surface area contributed by atoms with Crippen molar-refractivity contribution in [1.82, 2.24) is 0 Å². The molecule has 1 N–H and O–H groups in total. The van der Waals surface area contributed by atoms with Gasteiger partial charge in [0, 0.05) is 28.4 Å². The van der Waals surface area contributed by atoms with Crippen molar-refractivity contribution in [3.05, 3.63) is 200 Å². The number of fused-ring (bicyclic) bond motifs is 6. The first kappa shape index (κ1) is 29.5. The minimum absolute atomic E-state index is 1.07. The van der Waals surface area contributed by atoms with E-state index < -0.39 is 0 Å². The van der Waals surface area contributed by atoms with Crippen molar-refractivity contribution >= 4 is 60.8 Å². The number of para-hydroxylation sites is 2. The average Bonchev–Trinajstić information content (AvgIpc) is 3.19. The number of nitrogens with one attached hydrogen (secondary N) is 1. The molecule has 0 fully saturated rings. The number of nitrogens with zero attached hydrogens (tertiary/aromatic N) is 1. The van der Waals surface area contributed by atoms with Gasteiger partial charge in [0.25, 0.3) is 0 Å². The third-order valence-electron chi connectivity index (χ3n) is 9.60. The first-order chi connectivity index (χ1) is 24.8. The van der Waals surface area contributed by atoms with Gasteiger partial charge in [-0.05, 0) is 121 Å². The maximum Gasteiger partial charge on any atom is 0.0467 e. The van der Waals surface area contributed by atoms with E-state index >= 15 is 0 Å². The normalized spacial score (nSPS) is 11.2. The van der Waals surface area contributed by atoms with Crippen molar-refractivity contribution in [2.45, 2.75) is 0 Å². The van der Waals surface area contributed by atoms with E-state index in [4.69, 9.17) is 0 Å². The molecule has 2 heteroatoms. The zero-order valence-corrected chi connectivity index (χ0v) is 27.5. The van der Waals surface area contributed by atoms with Crippen molar-refractivity contribution in [3.8, 4) is 22.3 Å². The monoisotopic (exact) mass is 638 g/mol. The van der Waals surface area contributed by atoms with E-state index in [9.17, 15) is 0 Å². The Kier molecular flexibility index (Phi) is 7.53. The molecule has 0 aliphatic heterocycles. The molecule has 2 nitrogen and oxygen atoms in total. The second-order valence-electron chi connectivity index (χ2n) is 12.7. The van der Waals surface area contributed by atoms with Gasteiger partial charge in [-0.2, -0.15) is 0 Å². The summed E-state index contributed by atoms with van der Waals surface area (Å²) in [5.74, 6) is 0. The lowest BCUT2D eigenvalue weighted by Gasteiger charge is -2.26. The third kappa shape index (κ3) is 5.53. The van der Waals surface area contributed by atoms with E-state index in [1.165, 1.54) is 54.6 Å². The first-order valence-corrected chi connectivity index (χ1v) is 17.1. The highest BCUT2D eigenvalue weighted by molar-refractivity contribution is 6.25. The van der Waals surface area contributed by atoms with Gasteiger partial charge in [-0.1, -0.05) is 133 Å². The van der Waals surface area contributed by atoms with Gasteiger partial charge in [-0.3, -0.25) is 0 Å². The molecule has 9 aromatic carbocycles. The molecule has 0 heterocycles. The molecule has 236 valence electrons. The lowest BCUT2D eigenvalue weighted by atomic mass is 9.92. The minimum Gasteiger partial charge on any atom is -0.356 e. The molecule has 0 spiro atoms. The Labute approximate surface area is 292 Å². The lowest BCUT2D eigenvalue weighted by Crippen LogP contribution is -2.09. The molecule has 0 bridgehead atoms. The Morgan fingerprint density at radius 2 is 0.700 bits per heavy atom. The SMILES string of the molecule is c1ccc(Nc2ccc(-c3ccc(N(c4ccccc4)c4cccc(-c5ccc6c7ccccc7c7ccccc7c6c5)c4)cc3)cc2)cc1. The second-order valence-corrected chi connectivity index (χ2v) is 12.7. The highest BCUT2D eigenvalue weighted by Gasteiger charge is 2.15. The van der Waals surface area contributed by atoms with Crippen LogP contribution in [0.2, 0.25) is 0 Å². The molecule has 9 rings (SSSR count). The van der Waals surface area contributed by atoms with Crippen LogP contribution in [0.15, 0.2) is 200 Å². The first-order valence-electron chi connectivity index (χ1n) is 17.1. The van der Waals surface area contributed by atoms with Gasteiger partial charge in [-0.25, -0.2) is 0 Å². The van der Waals surface area contributed by atoms with Crippen LogP contribution in [0.5, 0.6) is 0 Å². The zero-order chi connectivity index (χ0) is 33.3. The summed E-state index contributed by atoms with van der Waals surface area (Å²) in [5.41, 5.74) is 10.2. The molecule has 0 amide bonds. The topological polar surface area (TPSA) is 15.3 Å². The molecule has 0 aliphatic carbocycles. The summed E-state index contributed by atoms with van der Waals surface area (Å²) in [6, 6.07) is 71.7. The number of anilines is 5. The summed E-state index contributed by atoms with van der Waals surface area (Å²) in [4.78, 5) is 2.34. The van der Waals surface area contributed by atoms with Gasteiger partial charge in [0.05, 0.1) is 0 Å². The summed E-state index contributed by atoms with van der Waals surface area (Å²) in [6.07, 6.45) is 0. The summed E-state index contributed by atoms with van der Waals surface area (Å²) in [6.45, 7) is 0. The number of hydrogen-bond donors (Lipinski definition) is 1. The molecule has 0 saturated heterocycles. The van der Waals surface area contributed by atoms with E-state index in [1.807, 2.05) is 18.2 Å². The molecule has 0 aromatic heterocycles. The molecule has 0 unspecified atom stereocenters. The number of rotatable bonds is 7. The molecule has 0 aliphatic rings. The fourth-order valence-electron chi connectivity index (χ4n) is 7.17. The van der Waals surface area contributed by atoms with Crippen molar-refractivity contribution < 1.29 is 0 Å². The number of hydrogen-bond acceptors (Lipinski definition) is 2. The van der Waals surface area contributed by atoms with Crippen LogP contribution in [0.1, 0.15) is 0 Å². The van der Waals surface area contributed by atoms with Crippen molar-refractivity contribution in [1.29, 1.82) is 0 Å². The minimum atomic E-state index is 1.07. The van der Waals surface area contributed by atoms with Crippen molar-refractivity contribution in [2.24, 2.45) is 0 Å². The maximum atomic E-state index is 3.48. The molecule has 9 aromatic rings. The fraction of sp³-hybridized carbons (Fsp3) is 0. The molecular weight excluding hydrogens is 605 g/mol. The summed E-state index contributed by atoms with van der Waals surface area (Å²) in [7, 11) is 0. The Morgan fingerprint density at radius 3 is 1.34 bits per heavy atom. The van der Waals surface area contributed by atoms with Crippen LogP contribution in [-0.2, 0) is 0 Å². The summed E-state index contributed by atoms with van der Waals surface area (Å²) in [5, 5.41) is 11.2. The van der Waals surface area contributed by atoms with Crippen LogP contribution in [-0.4, -0.2) is 0 Å². The summed E-state index contributed by atoms with van der Waals surface area (Å²) >= 11 is 0. The average molecular weight is 639 g/mol. The quantitative estimate of drug-likeness (QED) is 0.175. The van der Waals surface area contributed by atoms with Crippen LogP contribution in [0.3, 0.4) is 0 Å². The van der Waals surface area contributed by atoms with E-state index in [0.29, 0.717) is 0 Å². The Morgan fingerprint density at radius 1 is 0.260 bits per heavy atom. The largest absolute Gasteiger partial charge is 0.356 e. The van der Waals surface area contributed by atoms with Crippen LogP contribution in [0.4, 0.5) is 28.4 Å². The lowest BCUT2D eigenvalue weighted by molar-refractivity contribution is 1.28. The standard InChI is InChI=1S/C48H34N2/c1-3-13-38(14-4-1)49-39-27-22-34(23-28-39)35-24-29-41(30-25-35)50(40-15-5-2-6-16-40)42-17-11-12-36(32-42)37-26-31-47-45-20-8-7-18-43(45)44-19-9-10-21-46(44)48(47)33-37/h1-33,49H. The van der Waals surface area contributed by atoms with Gasteiger partial charge in [-0.15, -0.1) is 0 Å².